The Balaban J connectivity index is 1.43. The Hall–Kier alpha value is -3.71. The highest BCUT2D eigenvalue weighted by atomic mass is 32.2. The topological polar surface area (TPSA) is 79.4 Å². The summed E-state index contributed by atoms with van der Waals surface area (Å²) in [6.07, 6.45) is 3.32. The fourth-order valence-electron chi connectivity index (χ4n) is 4.62. The number of benzene rings is 3. The van der Waals surface area contributed by atoms with Gasteiger partial charge in [0, 0.05) is 34.9 Å². The molecule has 1 saturated heterocycles. The molecule has 4 aromatic rings. The molecule has 178 valence electrons. The molecular formula is C28H27N3O3S. The van der Waals surface area contributed by atoms with Crippen LogP contribution in [0.15, 0.2) is 72.9 Å². The summed E-state index contributed by atoms with van der Waals surface area (Å²) in [4.78, 5) is 17.8. The first kappa shape index (κ1) is 23.1. The molecule has 3 aromatic carbocycles. The number of sulfonamides is 1. The van der Waals surface area contributed by atoms with Crippen molar-refractivity contribution in [2.45, 2.75) is 26.7 Å². The van der Waals surface area contributed by atoms with Crippen molar-refractivity contribution in [3.05, 3.63) is 89.6 Å². The molecule has 1 aliphatic rings. The Morgan fingerprint density at radius 2 is 1.77 bits per heavy atom. The van der Waals surface area contributed by atoms with Gasteiger partial charge >= 0.3 is 0 Å². The largest absolute Gasteiger partial charge is 0.322 e. The van der Waals surface area contributed by atoms with E-state index in [1.807, 2.05) is 50.2 Å². The normalized spacial score (nSPS) is 15.2. The second kappa shape index (κ2) is 9.15. The van der Waals surface area contributed by atoms with Crippen molar-refractivity contribution < 1.29 is 13.2 Å². The van der Waals surface area contributed by atoms with E-state index in [0.29, 0.717) is 29.9 Å². The quantitative estimate of drug-likeness (QED) is 0.402. The highest BCUT2D eigenvalue weighted by Crippen LogP contribution is 2.31. The Morgan fingerprint density at radius 3 is 2.57 bits per heavy atom. The van der Waals surface area contributed by atoms with Gasteiger partial charge in [0.2, 0.25) is 10.0 Å². The number of nitrogens with zero attached hydrogens (tertiary/aromatic N) is 2. The van der Waals surface area contributed by atoms with Gasteiger partial charge in [-0.25, -0.2) is 8.42 Å². The smallest absolute Gasteiger partial charge is 0.255 e. The van der Waals surface area contributed by atoms with E-state index in [-0.39, 0.29) is 11.7 Å². The molecule has 1 aliphatic heterocycles. The summed E-state index contributed by atoms with van der Waals surface area (Å²) >= 11 is 0. The van der Waals surface area contributed by atoms with Crippen molar-refractivity contribution in [1.29, 1.82) is 0 Å². The second-order valence-corrected chi connectivity index (χ2v) is 11.0. The maximum Gasteiger partial charge on any atom is 0.255 e. The van der Waals surface area contributed by atoms with Crippen LogP contribution in [-0.2, 0) is 10.0 Å². The van der Waals surface area contributed by atoms with E-state index in [4.69, 9.17) is 0 Å². The van der Waals surface area contributed by atoms with Crippen molar-refractivity contribution >= 4 is 38.1 Å². The minimum atomic E-state index is -3.30. The van der Waals surface area contributed by atoms with Crippen LogP contribution in [0.1, 0.15) is 34.3 Å². The summed E-state index contributed by atoms with van der Waals surface area (Å²) in [6, 6.07) is 21.1. The number of aryl methyl sites for hydroxylation is 2. The van der Waals surface area contributed by atoms with Crippen LogP contribution < -0.4 is 9.62 Å². The molecule has 5 rings (SSSR count). The number of carbonyl (C=O) groups is 1. The summed E-state index contributed by atoms with van der Waals surface area (Å²) in [5.74, 6) is -0.0773. The number of carbonyl (C=O) groups excluding carboxylic acids is 1. The first-order valence-electron chi connectivity index (χ1n) is 11.7. The molecule has 1 amide bonds. The second-order valence-electron chi connectivity index (χ2n) is 8.96. The zero-order valence-electron chi connectivity index (χ0n) is 19.8. The number of amides is 1. The average molecular weight is 486 g/mol. The van der Waals surface area contributed by atoms with E-state index in [1.54, 1.807) is 24.4 Å². The average Bonchev–Trinajstić information content (AvgIpc) is 2.84. The minimum Gasteiger partial charge on any atom is -0.322 e. The molecule has 0 unspecified atom stereocenters. The maximum atomic E-state index is 13.1. The zero-order chi connectivity index (χ0) is 24.6. The number of rotatable bonds is 4. The van der Waals surface area contributed by atoms with Crippen LogP contribution in [-0.4, -0.2) is 31.6 Å². The van der Waals surface area contributed by atoms with Crippen molar-refractivity contribution in [2.75, 3.05) is 21.9 Å². The fourth-order valence-corrected chi connectivity index (χ4v) is 6.26. The number of anilines is 2. The first-order chi connectivity index (χ1) is 16.8. The molecule has 2 heterocycles. The first-order valence-corrected chi connectivity index (χ1v) is 13.3. The standard InChI is InChI=1S/C28H27N3O3S/c1-19-9-10-22(18-26(19)27-25-8-4-3-7-21(25)13-14-29-27)30-28(32)24-12-11-23(17-20(24)2)31-15-5-6-16-35(31,33)34/h3-4,7-14,17-18H,5-6,15-16H2,1-2H3,(H,30,32). The van der Waals surface area contributed by atoms with Gasteiger partial charge in [-0.1, -0.05) is 30.3 Å². The number of hydrogen-bond acceptors (Lipinski definition) is 4. The van der Waals surface area contributed by atoms with Crippen molar-refractivity contribution in [1.82, 2.24) is 4.98 Å². The molecule has 0 aliphatic carbocycles. The fraction of sp³-hybridized carbons (Fsp3) is 0.214. The van der Waals surface area contributed by atoms with E-state index in [9.17, 15) is 13.2 Å². The SMILES string of the molecule is Cc1cc(N2CCCCS2(=O)=O)ccc1C(=O)Nc1ccc(C)c(-c2nccc3ccccc23)c1. The summed E-state index contributed by atoms with van der Waals surface area (Å²) in [7, 11) is -3.30. The van der Waals surface area contributed by atoms with Gasteiger partial charge in [-0.2, -0.15) is 0 Å². The Morgan fingerprint density at radius 1 is 0.943 bits per heavy atom. The van der Waals surface area contributed by atoms with Crippen molar-refractivity contribution in [2.24, 2.45) is 0 Å². The van der Waals surface area contributed by atoms with Crippen LogP contribution >= 0.6 is 0 Å². The lowest BCUT2D eigenvalue weighted by atomic mass is 9.99. The predicted octanol–water partition coefficient (Wildman–Crippen LogP) is 5.70. The summed E-state index contributed by atoms with van der Waals surface area (Å²) < 4.78 is 26.4. The highest BCUT2D eigenvalue weighted by Gasteiger charge is 2.26. The molecule has 0 atom stereocenters. The van der Waals surface area contributed by atoms with Crippen molar-refractivity contribution in [3.8, 4) is 11.3 Å². The van der Waals surface area contributed by atoms with Crippen LogP contribution in [0.4, 0.5) is 11.4 Å². The molecule has 0 saturated carbocycles. The lowest BCUT2D eigenvalue weighted by Crippen LogP contribution is -2.37. The van der Waals surface area contributed by atoms with Gasteiger partial charge in [0.25, 0.3) is 5.91 Å². The summed E-state index contributed by atoms with van der Waals surface area (Å²) in [5.41, 5.74) is 5.42. The van der Waals surface area contributed by atoms with E-state index in [2.05, 4.69) is 22.4 Å². The lowest BCUT2D eigenvalue weighted by molar-refractivity contribution is 0.102. The monoisotopic (exact) mass is 485 g/mol. The minimum absolute atomic E-state index is 0.162. The number of nitrogens with one attached hydrogen (secondary N) is 1. The van der Waals surface area contributed by atoms with Gasteiger partial charge in [-0.05, 0) is 79.6 Å². The number of fused-ring (bicyclic) bond motifs is 1. The lowest BCUT2D eigenvalue weighted by Gasteiger charge is -2.28. The van der Waals surface area contributed by atoms with Crippen LogP contribution in [0.2, 0.25) is 0 Å². The van der Waals surface area contributed by atoms with Crippen LogP contribution in [0.3, 0.4) is 0 Å². The Kier molecular flexibility index (Phi) is 6.03. The van der Waals surface area contributed by atoms with Gasteiger partial charge in [-0.15, -0.1) is 0 Å². The van der Waals surface area contributed by atoms with E-state index >= 15 is 0 Å². The van der Waals surface area contributed by atoms with Crippen LogP contribution in [0.5, 0.6) is 0 Å². The number of pyridine rings is 1. The molecule has 6 nitrogen and oxygen atoms in total. The van der Waals surface area contributed by atoms with E-state index in [0.717, 1.165) is 39.6 Å². The molecule has 7 heteroatoms. The van der Waals surface area contributed by atoms with E-state index < -0.39 is 10.0 Å². The molecule has 35 heavy (non-hydrogen) atoms. The third-order valence-electron chi connectivity index (χ3n) is 6.52. The summed E-state index contributed by atoms with van der Waals surface area (Å²) in [5, 5.41) is 5.17. The molecule has 1 N–H and O–H groups in total. The third-order valence-corrected chi connectivity index (χ3v) is 8.39. The number of aromatic nitrogens is 1. The molecule has 0 spiro atoms. The Bertz CT molecular complexity index is 1540. The van der Waals surface area contributed by atoms with Crippen molar-refractivity contribution in [3.63, 3.8) is 0 Å². The summed E-state index contributed by atoms with van der Waals surface area (Å²) in [6.45, 7) is 4.33. The van der Waals surface area contributed by atoms with E-state index in [1.165, 1.54) is 4.31 Å². The molecule has 1 aromatic heterocycles. The third kappa shape index (κ3) is 4.51. The van der Waals surface area contributed by atoms with Gasteiger partial charge in [0.15, 0.2) is 0 Å². The maximum absolute atomic E-state index is 13.1. The van der Waals surface area contributed by atoms with Crippen LogP contribution in [0.25, 0.3) is 22.0 Å². The zero-order valence-corrected chi connectivity index (χ0v) is 20.6. The van der Waals surface area contributed by atoms with Crippen LogP contribution in [0, 0.1) is 13.8 Å². The van der Waals surface area contributed by atoms with Gasteiger partial charge in [0.05, 0.1) is 17.1 Å². The molecular weight excluding hydrogens is 458 g/mol. The Labute approximate surface area is 205 Å². The highest BCUT2D eigenvalue weighted by molar-refractivity contribution is 7.92. The van der Waals surface area contributed by atoms with Gasteiger partial charge in [-0.3, -0.25) is 14.1 Å². The number of hydrogen-bond donors (Lipinski definition) is 1. The molecule has 0 radical (unpaired) electrons. The molecule has 0 bridgehead atoms. The predicted molar refractivity (Wildman–Crippen MR) is 141 cm³/mol. The van der Waals surface area contributed by atoms with Gasteiger partial charge < -0.3 is 5.32 Å². The van der Waals surface area contributed by atoms with Gasteiger partial charge in [0.1, 0.15) is 0 Å². The molecule has 1 fully saturated rings.